The molecule has 7 heteroatoms. The molecule has 1 aliphatic heterocycles. The first-order chi connectivity index (χ1) is 10.1. The van der Waals surface area contributed by atoms with E-state index in [-0.39, 0.29) is 11.6 Å². The number of hydrogen-bond acceptors (Lipinski definition) is 6. The summed E-state index contributed by atoms with van der Waals surface area (Å²) in [5.41, 5.74) is 5.37. The van der Waals surface area contributed by atoms with Gasteiger partial charge in [0.05, 0.1) is 6.61 Å². The van der Waals surface area contributed by atoms with Crippen LogP contribution in [0.5, 0.6) is 0 Å². The van der Waals surface area contributed by atoms with Crippen molar-refractivity contribution in [2.75, 3.05) is 24.6 Å². The van der Waals surface area contributed by atoms with Crippen LogP contribution in [0.2, 0.25) is 0 Å². The van der Waals surface area contributed by atoms with E-state index >= 15 is 0 Å². The molecular formula is C14H21N3O4. The van der Waals surface area contributed by atoms with Crippen molar-refractivity contribution in [3.63, 3.8) is 0 Å². The SMILES string of the molecule is CCOC(=O)c1coc(N2CCCC(CCC(N)=O)C2)n1. The van der Waals surface area contributed by atoms with Crippen LogP contribution in [0.4, 0.5) is 6.01 Å². The van der Waals surface area contributed by atoms with Crippen LogP contribution in [0.15, 0.2) is 10.7 Å². The number of nitrogens with two attached hydrogens (primary N) is 1. The maximum atomic E-state index is 11.6. The van der Waals surface area contributed by atoms with E-state index in [9.17, 15) is 9.59 Å². The normalized spacial score (nSPS) is 18.5. The number of oxazole rings is 1. The number of anilines is 1. The molecule has 116 valence electrons. The minimum Gasteiger partial charge on any atom is -0.461 e. The van der Waals surface area contributed by atoms with Crippen LogP contribution in [0.1, 0.15) is 43.1 Å². The summed E-state index contributed by atoms with van der Waals surface area (Å²) in [5, 5.41) is 0. The topological polar surface area (TPSA) is 98.7 Å². The summed E-state index contributed by atoms with van der Waals surface area (Å²) in [7, 11) is 0. The van der Waals surface area contributed by atoms with Crippen LogP contribution in [0.3, 0.4) is 0 Å². The lowest BCUT2D eigenvalue weighted by Gasteiger charge is -2.31. The zero-order valence-corrected chi connectivity index (χ0v) is 12.2. The van der Waals surface area contributed by atoms with Crippen molar-refractivity contribution in [2.45, 2.75) is 32.6 Å². The molecule has 1 aromatic rings. The van der Waals surface area contributed by atoms with Gasteiger partial charge in [0, 0.05) is 19.5 Å². The van der Waals surface area contributed by atoms with Crippen molar-refractivity contribution < 1.29 is 18.7 Å². The largest absolute Gasteiger partial charge is 0.461 e. The van der Waals surface area contributed by atoms with Gasteiger partial charge in [-0.05, 0) is 32.1 Å². The molecule has 2 heterocycles. The van der Waals surface area contributed by atoms with E-state index in [0.717, 1.165) is 32.4 Å². The molecule has 0 aromatic carbocycles. The van der Waals surface area contributed by atoms with E-state index in [0.29, 0.717) is 25.0 Å². The first-order valence-corrected chi connectivity index (χ1v) is 7.26. The number of ether oxygens (including phenoxy) is 1. The van der Waals surface area contributed by atoms with Crippen molar-refractivity contribution in [1.82, 2.24) is 4.98 Å². The summed E-state index contributed by atoms with van der Waals surface area (Å²) in [6, 6.07) is 0.432. The first kappa shape index (κ1) is 15.3. The maximum Gasteiger partial charge on any atom is 0.360 e. The predicted molar refractivity (Wildman–Crippen MR) is 75.8 cm³/mol. The Morgan fingerprint density at radius 1 is 1.57 bits per heavy atom. The quantitative estimate of drug-likeness (QED) is 0.795. The summed E-state index contributed by atoms with van der Waals surface area (Å²) in [4.78, 5) is 28.6. The fraction of sp³-hybridized carbons (Fsp3) is 0.643. The molecule has 2 rings (SSSR count). The Labute approximate surface area is 123 Å². The Kier molecular flexibility index (Phi) is 5.19. The van der Waals surface area contributed by atoms with Crippen molar-refractivity contribution in [1.29, 1.82) is 0 Å². The number of piperidine rings is 1. The molecule has 0 aliphatic carbocycles. The highest BCUT2D eigenvalue weighted by Gasteiger charge is 2.24. The number of amides is 1. The second-order valence-corrected chi connectivity index (χ2v) is 5.20. The van der Waals surface area contributed by atoms with E-state index in [1.165, 1.54) is 6.26 Å². The Balaban J connectivity index is 1.94. The van der Waals surface area contributed by atoms with Gasteiger partial charge < -0.3 is 19.8 Å². The van der Waals surface area contributed by atoms with Gasteiger partial charge in [-0.25, -0.2) is 4.79 Å². The van der Waals surface area contributed by atoms with Crippen LogP contribution in [-0.2, 0) is 9.53 Å². The second-order valence-electron chi connectivity index (χ2n) is 5.20. The number of rotatable bonds is 6. The van der Waals surface area contributed by atoms with Gasteiger partial charge in [0.2, 0.25) is 5.91 Å². The van der Waals surface area contributed by atoms with Crippen LogP contribution < -0.4 is 10.6 Å². The Bertz CT molecular complexity index is 500. The summed E-state index contributed by atoms with van der Waals surface area (Å²) in [6.07, 6.45) is 4.56. The van der Waals surface area contributed by atoms with Crippen LogP contribution >= 0.6 is 0 Å². The lowest BCUT2D eigenvalue weighted by atomic mass is 9.93. The Morgan fingerprint density at radius 3 is 3.10 bits per heavy atom. The molecule has 7 nitrogen and oxygen atoms in total. The van der Waals surface area contributed by atoms with E-state index < -0.39 is 5.97 Å². The third-order valence-corrected chi connectivity index (χ3v) is 3.57. The highest BCUT2D eigenvalue weighted by Crippen LogP contribution is 2.25. The van der Waals surface area contributed by atoms with E-state index in [1.54, 1.807) is 6.92 Å². The van der Waals surface area contributed by atoms with Crippen molar-refractivity contribution in [3.05, 3.63) is 12.0 Å². The molecule has 0 bridgehead atoms. The van der Waals surface area contributed by atoms with Gasteiger partial charge in [-0.15, -0.1) is 0 Å². The minimum absolute atomic E-state index is 0.186. The predicted octanol–water partition coefficient (Wildman–Crippen LogP) is 1.33. The zero-order chi connectivity index (χ0) is 15.2. The summed E-state index contributed by atoms with van der Waals surface area (Å²) in [5.74, 6) is -0.355. The zero-order valence-electron chi connectivity index (χ0n) is 12.2. The van der Waals surface area contributed by atoms with Gasteiger partial charge in [0.15, 0.2) is 5.69 Å². The number of nitrogens with zero attached hydrogens (tertiary/aromatic N) is 2. The molecule has 0 saturated carbocycles. The molecule has 21 heavy (non-hydrogen) atoms. The van der Waals surface area contributed by atoms with Gasteiger partial charge in [-0.3, -0.25) is 4.79 Å². The summed E-state index contributed by atoms with van der Waals surface area (Å²) >= 11 is 0. The third-order valence-electron chi connectivity index (χ3n) is 3.57. The second kappa shape index (κ2) is 7.10. The maximum absolute atomic E-state index is 11.6. The summed E-state index contributed by atoms with van der Waals surface area (Å²) in [6.45, 7) is 3.64. The molecule has 1 amide bonds. The van der Waals surface area contributed by atoms with Crippen LogP contribution in [0, 0.1) is 5.92 Å². The Morgan fingerprint density at radius 2 is 2.38 bits per heavy atom. The minimum atomic E-state index is -0.477. The van der Waals surface area contributed by atoms with Gasteiger partial charge >= 0.3 is 5.97 Å². The standard InChI is InChI=1S/C14H21N3O4/c1-2-20-13(19)11-9-21-14(16-11)17-7-3-4-10(8-17)5-6-12(15)18/h9-10H,2-8H2,1H3,(H2,15,18). The molecule has 1 atom stereocenters. The van der Waals surface area contributed by atoms with E-state index in [4.69, 9.17) is 14.9 Å². The van der Waals surface area contributed by atoms with Gasteiger partial charge in [-0.1, -0.05) is 0 Å². The van der Waals surface area contributed by atoms with Gasteiger partial charge in [-0.2, -0.15) is 4.98 Å². The number of primary amides is 1. The van der Waals surface area contributed by atoms with Gasteiger partial charge in [0.25, 0.3) is 6.01 Å². The number of esters is 1. The molecule has 1 fully saturated rings. The van der Waals surface area contributed by atoms with E-state index in [1.807, 2.05) is 4.90 Å². The molecule has 1 saturated heterocycles. The molecule has 0 radical (unpaired) electrons. The monoisotopic (exact) mass is 295 g/mol. The number of aromatic nitrogens is 1. The molecular weight excluding hydrogens is 274 g/mol. The average molecular weight is 295 g/mol. The first-order valence-electron chi connectivity index (χ1n) is 7.26. The van der Waals surface area contributed by atoms with Crippen LogP contribution in [-0.4, -0.2) is 36.6 Å². The molecule has 1 aromatic heterocycles. The Hall–Kier alpha value is -2.05. The highest BCUT2D eigenvalue weighted by atomic mass is 16.5. The molecule has 1 aliphatic rings. The highest BCUT2D eigenvalue weighted by molar-refractivity contribution is 5.87. The lowest BCUT2D eigenvalue weighted by molar-refractivity contribution is -0.118. The molecule has 0 spiro atoms. The average Bonchev–Trinajstić information content (AvgIpc) is 2.95. The number of carbonyl (C=O) groups is 2. The third kappa shape index (κ3) is 4.21. The number of carbonyl (C=O) groups excluding carboxylic acids is 2. The number of hydrogen-bond donors (Lipinski definition) is 1. The van der Waals surface area contributed by atoms with Gasteiger partial charge in [0.1, 0.15) is 6.26 Å². The summed E-state index contributed by atoms with van der Waals surface area (Å²) < 4.78 is 10.3. The fourth-order valence-corrected chi connectivity index (χ4v) is 2.53. The van der Waals surface area contributed by atoms with Crippen molar-refractivity contribution >= 4 is 17.9 Å². The van der Waals surface area contributed by atoms with E-state index in [2.05, 4.69) is 4.98 Å². The van der Waals surface area contributed by atoms with Crippen molar-refractivity contribution in [3.8, 4) is 0 Å². The van der Waals surface area contributed by atoms with Crippen molar-refractivity contribution in [2.24, 2.45) is 11.7 Å². The smallest absolute Gasteiger partial charge is 0.360 e. The molecule has 1 unspecified atom stereocenters. The molecule has 2 N–H and O–H groups in total. The fourth-order valence-electron chi connectivity index (χ4n) is 2.53. The lowest BCUT2D eigenvalue weighted by Crippen LogP contribution is -2.36. The van der Waals surface area contributed by atoms with Crippen LogP contribution in [0.25, 0.3) is 0 Å².